The first-order valence-corrected chi connectivity index (χ1v) is 14.6. The summed E-state index contributed by atoms with van der Waals surface area (Å²) in [7, 11) is 1.63. The van der Waals surface area contributed by atoms with E-state index in [0.717, 1.165) is 21.9 Å². The van der Waals surface area contributed by atoms with Crippen LogP contribution >= 0.6 is 11.3 Å². The van der Waals surface area contributed by atoms with Gasteiger partial charge in [-0.3, -0.25) is 14.2 Å². The summed E-state index contributed by atoms with van der Waals surface area (Å²) in [6.07, 6.45) is 1.91. The Morgan fingerprint density at radius 2 is 1.77 bits per heavy atom. The number of ether oxygens (including phenoxy) is 1. The van der Waals surface area contributed by atoms with Gasteiger partial charge in [-0.2, -0.15) is 0 Å². The molecule has 6 nitrogen and oxygen atoms in total. The van der Waals surface area contributed by atoms with E-state index in [9.17, 15) is 9.59 Å². The molecule has 206 valence electrons. The topological polar surface area (TPSA) is 63.9 Å². The van der Waals surface area contributed by atoms with Gasteiger partial charge in [-0.25, -0.2) is 4.99 Å². The van der Waals surface area contributed by atoms with Crippen LogP contribution in [0.2, 0.25) is 0 Å². The van der Waals surface area contributed by atoms with Gasteiger partial charge in [0.15, 0.2) is 4.80 Å². The number of fused-ring (bicyclic) bond motifs is 2. The molecular formula is C33H35N3O3S. The van der Waals surface area contributed by atoms with Crippen molar-refractivity contribution < 1.29 is 9.53 Å². The highest BCUT2D eigenvalue weighted by Crippen LogP contribution is 2.40. The van der Waals surface area contributed by atoms with Crippen LogP contribution in [0.15, 0.2) is 81.7 Å². The zero-order chi connectivity index (χ0) is 28.6. The van der Waals surface area contributed by atoms with E-state index in [1.807, 2.05) is 75.4 Å². The van der Waals surface area contributed by atoms with Crippen LogP contribution in [-0.4, -0.2) is 35.6 Å². The quantitative estimate of drug-likeness (QED) is 0.308. The second-order valence-corrected chi connectivity index (χ2v) is 11.3. The molecule has 1 amide bonds. The van der Waals surface area contributed by atoms with Crippen molar-refractivity contribution in [2.45, 2.75) is 46.6 Å². The monoisotopic (exact) mass is 553 g/mol. The predicted octanol–water partition coefficient (Wildman–Crippen LogP) is 5.39. The van der Waals surface area contributed by atoms with E-state index in [4.69, 9.17) is 9.73 Å². The minimum Gasteiger partial charge on any atom is -0.496 e. The maximum absolute atomic E-state index is 14.2. The van der Waals surface area contributed by atoms with Gasteiger partial charge < -0.3 is 9.64 Å². The lowest BCUT2D eigenvalue weighted by molar-refractivity contribution is -0.127. The number of thiazole rings is 1. The van der Waals surface area contributed by atoms with Gasteiger partial charge in [0.2, 0.25) is 0 Å². The molecule has 0 saturated carbocycles. The Hall–Kier alpha value is -3.97. The molecule has 1 aromatic heterocycles. The van der Waals surface area contributed by atoms with Gasteiger partial charge >= 0.3 is 0 Å². The number of methoxy groups -OCH3 is 1. The normalized spacial score (nSPS) is 15.4. The van der Waals surface area contributed by atoms with Crippen molar-refractivity contribution in [2.24, 2.45) is 4.99 Å². The Kier molecular flexibility index (Phi) is 7.76. The van der Waals surface area contributed by atoms with E-state index in [0.29, 0.717) is 45.4 Å². The van der Waals surface area contributed by atoms with Gasteiger partial charge in [-0.1, -0.05) is 79.8 Å². The summed E-state index contributed by atoms with van der Waals surface area (Å²) in [5, 5.41) is 1.94. The smallest absolute Gasteiger partial charge is 0.271 e. The lowest BCUT2D eigenvalue weighted by Gasteiger charge is -2.30. The largest absolute Gasteiger partial charge is 0.496 e. The molecule has 0 radical (unpaired) electrons. The van der Waals surface area contributed by atoms with E-state index in [1.54, 1.807) is 16.6 Å². The number of allylic oxidation sites excluding steroid dienone is 1. The highest BCUT2D eigenvalue weighted by atomic mass is 32.1. The molecule has 0 N–H and O–H groups in total. The maximum atomic E-state index is 14.2. The highest BCUT2D eigenvalue weighted by molar-refractivity contribution is 7.07. The van der Waals surface area contributed by atoms with Gasteiger partial charge in [0, 0.05) is 18.7 Å². The van der Waals surface area contributed by atoms with Gasteiger partial charge in [0.25, 0.3) is 11.5 Å². The molecule has 4 aromatic rings. The lowest BCUT2D eigenvalue weighted by Crippen LogP contribution is -2.43. The summed E-state index contributed by atoms with van der Waals surface area (Å²) in [5.74, 6) is 0.937. The molecule has 0 unspecified atom stereocenters. The molecule has 1 atom stereocenters. The minimum absolute atomic E-state index is 0.121. The van der Waals surface area contributed by atoms with Crippen LogP contribution in [0.5, 0.6) is 5.75 Å². The number of hydrogen-bond donors (Lipinski definition) is 0. The van der Waals surface area contributed by atoms with E-state index < -0.39 is 6.04 Å². The summed E-state index contributed by atoms with van der Waals surface area (Å²) >= 11 is 1.35. The number of nitrogens with zero attached hydrogens (tertiary/aromatic N) is 3. The van der Waals surface area contributed by atoms with Crippen molar-refractivity contribution in [1.29, 1.82) is 0 Å². The minimum atomic E-state index is -0.684. The Morgan fingerprint density at radius 3 is 2.42 bits per heavy atom. The molecule has 3 aromatic carbocycles. The van der Waals surface area contributed by atoms with Crippen LogP contribution < -0.4 is 19.6 Å². The summed E-state index contributed by atoms with van der Waals surface area (Å²) in [6.45, 7) is 11.2. The Bertz CT molecular complexity index is 1790. The molecule has 0 bridgehead atoms. The first-order valence-electron chi connectivity index (χ1n) is 13.8. The SMILES string of the molecule is CCN(CC)C(=O)C1=C(C)N=c2s/c(=C/c3ccc(C(C)C)cc3)c(=O)n2[C@@H]1c1c(OC)ccc2ccccc12. The first-order chi connectivity index (χ1) is 19.3. The van der Waals surface area contributed by atoms with Gasteiger partial charge in [-0.15, -0.1) is 0 Å². The van der Waals surface area contributed by atoms with Crippen LogP contribution in [0.3, 0.4) is 0 Å². The summed E-state index contributed by atoms with van der Waals surface area (Å²) < 4.78 is 8.13. The lowest BCUT2D eigenvalue weighted by atomic mass is 9.90. The second kappa shape index (κ2) is 11.3. The van der Waals surface area contributed by atoms with Gasteiger partial charge in [0.05, 0.1) is 22.9 Å². The average molecular weight is 554 g/mol. The molecular weight excluding hydrogens is 518 g/mol. The van der Waals surface area contributed by atoms with Crippen molar-refractivity contribution in [1.82, 2.24) is 9.47 Å². The zero-order valence-corrected chi connectivity index (χ0v) is 24.7. The Morgan fingerprint density at radius 1 is 1.07 bits per heavy atom. The highest BCUT2D eigenvalue weighted by Gasteiger charge is 2.36. The Balaban J connectivity index is 1.81. The molecule has 0 spiro atoms. The molecule has 0 aliphatic carbocycles. The molecule has 1 aliphatic heterocycles. The van der Waals surface area contributed by atoms with Gasteiger partial charge in [0.1, 0.15) is 11.8 Å². The number of rotatable bonds is 7. The number of carbonyl (C=O) groups is 1. The maximum Gasteiger partial charge on any atom is 0.271 e. The van der Waals surface area contributed by atoms with E-state index in [2.05, 4.69) is 26.0 Å². The second-order valence-electron chi connectivity index (χ2n) is 10.3. The van der Waals surface area contributed by atoms with Gasteiger partial charge in [-0.05, 0) is 60.7 Å². The van der Waals surface area contributed by atoms with Crippen molar-refractivity contribution in [3.8, 4) is 5.75 Å². The van der Waals surface area contributed by atoms with Crippen LogP contribution in [0.25, 0.3) is 16.8 Å². The summed E-state index contributed by atoms with van der Waals surface area (Å²) in [4.78, 5) is 35.4. The number of aromatic nitrogens is 1. The molecule has 0 saturated heterocycles. The fourth-order valence-electron chi connectivity index (χ4n) is 5.41. The molecule has 7 heteroatoms. The third-order valence-electron chi connectivity index (χ3n) is 7.63. The Labute approximate surface area is 238 Å². The number of benzene rings is 3. The molecule has 1 aliphatic rings. The third-order valence-corrected chi connectivity index (χ3v) is 8.61. The van der Waals surface area contributed by atoms with E-state index in [-0.39, 0.29) is 11.5 Å². The molecule has 0 fully saturated rings. The zero-order valence-electron chi connectivity index (χ0n) is 23.9. The number of likely N-dealkylation sites (N-methyl/N-ethyl adjacent to an activating group) is 1. The van der Waals surface area contributed by atoms with E-state index in [1.165, 1.54) is 16.9 Å². The van der Waals surface area contributed by atoms with Crippen molar-refractivity contribution in [2.75, 3.05) is 20.2 Å². The molecule has 40 heavy (non-hydrogen) atoms. The number of amides is 1. The summed E-state index contributed by atoms with van der Waals surface area (Å²) in [5.41, 5.74) is 3.93. The number of hydrogen-bond acceptors (Lipinski definition) is 5. The van der Waals surface area contributed by atoms with Crippen LogP contribution in [0, 0.1) is 0 Å². The summed E-state index contributed by atoms with van der Waals surface area (Å²) in [6, 6.07) is 19.5. The molecule has 5 rings (SSSR count). The van der Waals surface area contributed by atoms with Crippen LogP contribution in [0.1, 0.15) is 63.3 Å². The first kappa shape index (κ1) is 27.6. The predicted molar refractivity (Wildman–Crippen MR) is 163 cm³/mol. The molecule has 2 heterocycles. The van der Waals surface area contributed by atoms with Crippen LogP contribution in [0.4, 0.5) is 0 Å². The van der Waals surface area contributed by atoms with E-state index >= 15 is 0 Å². The fraction of sp³-hybridized carbons (Fsp3) is 0.303. The van der Waals surface area contributed by atoms with Crippen molar-refractivity contribution in [3.63, 3.8) is 0 Å². The fourth-order valence-corrected chi connectivity index (χ4v) is 6.46. The van der Waals surface area contributed by atoms with Crippen molar-refractivity contribution >= 4 is 34.1 Å². The third kappa shape index (κ3) is 4.79. The van der Waals surface area contributed by atoms with Crippen molar-refractivity contribution in [3.05, 3.63) is 108 Å². The van der Waals surface area contributed by atoms with Crippen LogP contribution in [-0.2, 0) is 4.79 Å². The standard InChI is InChI=1S/C33H35N3O3S/c1-7-35(8-2)32(38)28-21(5)34-33-36(30(28)29-25-12-10-9-11-24(25)17-18-26(29)39-6)31(37)27(40-33)19-22-13-15-23(16-14-22)20(3)4/h9-20,30H,7-8H2,1-6H3/b27-19+/t30-/m0/s1. The number of carbonyl (C=O) groups excluding carboxylic acids is 1. The average Bonchev–Trinajstić information content (AvgIpc) is 3.26.